The topological polar surface area (TPSA) is 81.2 Å². The molecule has 6 heteroatoms. The molecule has 0 aliphatic heterocycles. The molecule has 1 aromatic rings. The minimum Gasteiger partial charge on any atom is -0.391 e. The lowest BCUT2D eigenvalue weighted by atomic mass is 10.1. The molecule has 0 bridgehead atoms. The van der Waals surface area contributed by atoms with Crippen LogP contribution in [0.3, 0.4) is 0 Å². The number of aliphatic hydroxyl groups excluding tert-OH is 1. The predicted octanol–water partition coefficient (Wildman–Crippen LogP) is 1.66. The summed E-state index contributed by atoms with van der Waals surface area (Å²) >= 11 is 0. The van der Waals surface area contributed by atoms with Gasteiger partial charge in [-0.05, 0) is 12.8 Å². The van der Waals surface area contributed by atoms with Gasteiger partial charge in [0, 0.05) is 0 Å². The standard InChI is InChI=1S/C10H15N3O3/c14-10-5-3-1-2-4-9(10)12-7-8(6-11-12)13(15)16/h6-7,9-10,14H,1-5H2. The van der Waals surface area contributed by atoms with Crippen LogP contribution in [-0.2, 0) is 0 Å². The van der Waals surface area contributed by atoms with Crippen molar-refractivity contribution in [1.82, 2.24) is 9.78 Å². The molecule has 1 saturated carbocycles. The van der Waals surface area contributed by atoms with Gasteiger partial charge in [-0.1, -0.05) is 19.3 Å². The molecule has 1 heterocycles. The van der Waals surface area contributed by atoms with E-state index >= 15 is 0 Å². The van der Waals surface area contributed by atoms with Gasteiger partial charge in [0.2, 0.25) is 0 Å². The minimum atomic E-state index is -0.466. The molecule has 2 atom stereocenters. The maximum Gasteiger partial charge on any atom is 0.307 e. The summed E-state index contributed by atoms with van der Waals surface area (Å²) in [5.41, 5.74) is -0.0172. The third-order valence-corrected chi connectivity index (χ3v) is 3.08. The van der Waals surface area contributed by atoms with Gasteiger partial charge in [-0.2, -0.15) is 5.10 Å². The van der Waals surface area contributed by atoms with E-state index in [9.17, 15) is 15.2 Å². The smallest absolute Gasteiger partial charge is 0.307 e. The largest absolute Gasteiger partial charge is 0.391 e. The Kier molecular flexibility index (Phi) is 3.19. The van der Waals surface area contributed by atoms with Gasteiger partial charge in [0.25, 0.3) is 0 Å². The third-order valence-electron chi connectivity index (χ3n) is 3.08. The van der Waals surface area contributed by atoms with Gasteiger partial charge in [-0.25, -0.2) is 0 Å². The summed E-state index contributed by atoms with van der Waals surface area (Å²) < 4.78 is 1.54. The highest BCUT2D eigenvalue weighted by atomic mass is 16.6. The van der Waals surface area contributed by atoms with Gasteiger partial charge in [0.05, 0.1) is 17.1 Å². The van der Waals surface area contributed by atoms with Crippen molar-refractivity contribution in [3.8, 4) is 0 Å². The van der Waals surface area contributed by atoms with E-state index in [-0.39, 0.29) is 11.7 Å². The van der Waals surface area contributed by atoms with Gasteiger partial charge < -0.3 is 5.11 Å². The summed E-state index contributed by atoms with van der Waals surface area (Å²) in [6, 6.07) is -0.115. The van der Waals surface area contributed by atoms with E-state index in [2.05, 4.69) is 5.10 Å². The molecule has 0 saturated heterocycles. The monoisotopic (exact) mass is 225 g/mol. The Morgan fingerprint density at radius 2 is 2.19 bits per heavy atom. The zero-order valence-corrected chi connectivity index (χ0v) is 8.95. The quantitative estimate of drug-likeness (QED) is 0.471. The third kappa shape index (κ3) is 2.21. The van der Waals surface area contributed by atoms with Crippen LogP contribution < -0.4 is 0 Å². The van der Waals surface area contributed by atoms with E-state index in [0.717, 1.165) is 32.1 Å². The number of aromatic nitrogens is 2. The van der Waals surface area contributed by atoms with Crippen molar-refractivity contribution < 1.29 is 10.0 Å². The Labute approximate surface area is 93.0 Å². The molecule has 0 spiro atoms. The van der Waals surface area contributed by atoms with Crippen molar-refractivity contribution in [2.24, 2.45) is 0 Å². The Morgan fingerprint density at radius 3 is 2.88 bits per heavy atom. The van der Waals surface area contributed by atoms with Crippen molar-refractivity contribution in [2.75, 3.05) is 0 Å². The van der Waals surface area contributed by atoms with E-state index < -0.39 is 11.0 Å². The van der Waals surface area contributed by atoms with Gasteiger partial charge in [-0.15, -0.1) is 0 Å². The van der Waals surface area contributed by atoms with Crippen LogP contribution in [0, 0.1) is 10.1 Å². The second kappa shape index (κ2) is 4.61. The van der Waals surface area contributed by atoms with Crippen molar-refractivity contribution in [3.05, 3.63) is 22.5 Å². The number of hydrogen-bond donors (Lipinski definition) is 1. The second-order valence-electron chi connectivity index (χ2n) is 4.21. The maximum atomic E-state index is 10.5. The molecule has 0 aromatic carbocycles. The molecule has 16 heavy (non-hydrogen) atoms. The van der Waals surface area contributed by atoms with E-state index in [1.165, 1.54) is 17.1 Å². The molecule has 1 aliphatic rings. The molecule has 0 amide bonds. The fourth-order valence-electron chi connectivity index (χ4n) is 2.18. The van der Waals surface area contributed by atoms with Crippen molar-refractivity contribution >= 4 is 5.69 Å². The Morgan fingerprint density at radius 1 is 1.44 bits per heavy atom. The van der Waals surface area contributed by atoms with Crippen LogP contribution in [0.1, 0.15) is 38.1 Å². The summed E-state index contributed by atoms with van der Waals surface area (Å²) in [4.78, 5) is 10.1. The molecule has 1 aromatic heterocycles. The highest BCUT2D eigenvalue weighted by Gasteiger charge is 2.25. The average molecular weight is 225 g/mol. The number of rotatable bonds is 2. The van der Waals surface area contributed by atoms with Crippen LogP contribution in [0.4, 0.5) is 5.69 Å². The molecule has 2 unspecified atom stereocenters. The zero-order valence-electron chi connectivity index (χ0n) is 8.95. The van der Waals surface area contributed by atoms with E-state index in [4.69, 9.17) is 0 Å². The maximum absolute atomic E-state index is 10.5. The van der Waals surface area contributed by atoms with Crippen molar-refractivity contribution in [1.29, 1.82) is 0 Å². The van der Waals surface area contributed by atoms with E-state index in [0.29, 0.717) is 0 Å². The summed E-state index contributed by atoms with van der Waals surface area (Å²) in [5.74, 6) is 0. The zero-order chi connectivity index (χ0) is 11.5. The van der Waals surface area contributed by atoms with Crippen LogP contribution in [0.25, 0.3) is 0 Å². The van der Waals surface area contributed by atoms with Crippen molar-refractivity contribution in [2.45, 2.75) is 44.2 Å². The summed E-state index contributed by atoms with van der Waals surface area (Å²) in [5, 5.41) is 24.4. The molecule has 1 N–H and O–H groups in total. The Balaban J connectivity index is 2.17. The van der Waals surface area contributed by atoms with Crippen LogP contribution in [-0.4, -0.2) is 25.9 Å². The number of aliphatic hydroxyl groups is 1. The van der Waals surface area contributed by atoms with Crippen molar-refractivity contribution in [3.63, 3.8) is 0 Å². The van der Waals surface area contributed by atoms with Crippen LogP contribution >= 0.6 is 0 Å². The molecule has 1 fully saturated rings. The molecular formula is C10H15N3O3. The van der Waals surface area contributed by atoms with E-state index in [1.54, 1.807) is 0 Å². The molecule has 0 radical (unpaired) electrons. The predicted molar refractivity (Wildman–Crippen MR) is 57.0 cm³/mol. The van der Waals surface area contributed by atoms with Gasteiger partial charge in [0.1, 0.15) is 12.4 Å². The van der Waals surface area contributed by atoms with Gasteiger partial charge in [-0.3, -0.25) is 14.8 Å². The van der Waals surface area contributed by atoms with E-state index in [1.807, 2.05) is 0 Å². The summed E-state index contributed by atoms with van der Waals surface area (Å²) in [7, 11) is 0. The Hall–Kier alpha value is -1.43. The molecular weight excluding hydrogens is 210 g/mol. The molecule has 88 valence electrons. The first-order valence-electron chi connectivity index (χ1n) is 5.55. The fraction of sp³-hybridized carbons (Fsp3) is 0.700. The first-order chi connectivity index (χ1) is 7.68. The lowest BCUT2D eigenvalue weighted by Crippen LogP contribution is -2.23. The van der Waals surface area contributed by atoms with Gasteiger partial charge in [0.15, 0.2) is 0 Å². The van der Waals surface area contributed by atoms with Crippen LogP contribution in [0.2, 0.25) is 0 Å². The number of nitro groups is 1. The molecule has 2 rings (SSSR count). The average Bonchev–Trinajstić information content (AvgIpc) is 2.63. The molecule has 1 aliphatic carbocycles. The highest BCUT2D eigenvalue weighted by molar-refractivity contribution is 5.21. The normalized spacial score (nSPS) is 26.3. The van der Waals surface area contributed by atoms with Crippen LogP contribution in [0.15, 0.2) is 12.4 Å². The highest BCUT2D eigenvalue weighted by Crippen LogP contribution is 2.28. The number of hydrogen-bond acceptors (Lipinski definition) is 4. The SMILES string of the molecule is O=[N+]([O-])c1cnn(C2CCCCCC2O)c1. The lowest BCUT2D eigenvalue weighted by molar-refractivity contribution is -0.385. The number of nitrogens with zero attached hydrogens (tertiary/aromatic N) is 3. The van der Waals surface area contributed by atoms with Crippen LogP contribution in [0.5, 0.6) is 0 Å². The first-order valence-corrected chi connectivity index (χ1v) is 5.55. The minimum absolute atomic E-state index is 0.0172. The lowest BCUT2D eigenvalue weighted by Gasteiger charge is -2.20. The second-order valence-corrected chi connectivity index (χ2v) is 4.21. The summed E-state index contributed by atoms with van der Waals surface area (Å²) in [6.07, 6.45) is 6.93. The first kappa shape index (κ1) is 11.1. The summed E-state index contributed by atoms with van der Waals surface area (Å²) in [6.45, 7) is 0. The Bertz CT molecular complexity index is 377. The van der Waals surface area contributed by atoms with Gasteiger partial charge >= 0.3 is 5.69 Å². The fourth-order valence-corrected chi connectivity index (χ4v) is 2.18. The molecule has 6 nitrogen and oxygen atoms in total.